The predicted octanol–water partition coefficient (Wildman–Crippen LogP) is 4.70. The molecule has 0 saturated heterocycles. The van der Waals surface area contributed by atoms with Crippen LogP contribution in [0.1, 0.15) is 15.9 Å². The Morgan fingerprint density at radius 1 is 1.30 bits per heavy atom. The van der Waals surface area contributed by atoms with Gasteiger partial charge in [-0.15, -0.1) is 0 Å². The van der Waals surface area contributed by atoms with Gasteiger partial charge >= 0.3 is 0 Å². The molecular weight excluding hydrogens is 414 g/mol. The van der Waals surface area contributed by atoms with E-state index in [1.165, 1.54) is 12.1 Å². The van der Waals surface area contributed by atoms with Crippen molar-refractivity contribution in [3.05, 3.63) is 55.1 Å². The second kappa shape index (κ2) is 6.65. The van der Waals surface area contributed by atoms with E-state index >= 15 is 0 Å². The highest BCUT2D eigenvalue weighted by Crippen LogP contribution is 2.32. The predicted molar refractivity (Wildman–Crippen MR) is 87.0 cm³/mol. The largest absolute Gasteiger partial charge is 0.507 e. The first-order valence-corrected chi connectivity index (χ1v) is 7.39. The van der Waals surface area contributed by atoms with E-state index in [0.717, 1.165) is 9.13 Å². The number of phenolic OH excluding ortho intramolecular Hbond substituents is 1. The number of rotatable bonds is 4. The molecule has 1 N–H and O–H groups in total. The fourth-order valence-electron chi connectivity index (χ4n) is 1.58. The third-order valence-corrected chi connectivity index (χ3v) is 4.58. The second-order valence-corrected chi connectivity index (χ2v) is 5.91. The van der Waals surface area contributed by atoms with Gasteiger partial charge in [-0.25, -0.2) is 0 Å². The van der Waals surface area contributed by atoms with Crippen molar-refractivity contribution in [2.45, 2.75) is 6.61 Å². The molecule has 6 heteroatoms. The minimum Gasteiger partial charge on any atom is -0.507 e. The topological polar surface area (TPSA) is 46.5 Å². The van der Waals surface area contributed by atoms with E-state index in [1.54, 1.807) is 0 Å². The number of phenols is 1. The van der Waals surface area contributed by atoms with E-state index < -0.39 is 0 Å². The van der Waals surface area contributed by atoms with Crippen LogP contribution >= 0.6 is 45.8 Å². The molecule has 0 aliphatic heterocycles. The number of ether oxygens (including phenoxy) is 1. The summed E-state index contributed by atoms with van der Waals surface area (Å²) < 4.78 is 6.47. The van der Waals surface area contributed by atoms with Gasteiger partial charge in [0.25, 0.3) is 0 Å². The Bertz CT molecular complexity index is 659. The number of carbonyl (C=O) groups excluding carboxylic acids is 1. The van der Waals surface area contributed by atoms with Gasteiger partial charge in [-0.05, 0) is 34.7 Å². The van der Waals surface area contributed by atoms with Crippen LogP contribution < -0.4 is 4.74 Å². The highest BCUT2D eigenvalue weighted by atomic mass is 127. The maximum Gasteiger partial charge on any atom is 0.153 e. The molecule has 0 aromatic heterocycles. The molecule has 0 bridgehead atoms. The molecule has 0 atom stereocenters. The highest BCUT2D eigenvalue weighted by molar-refractivity contribution is 14.1. The zero-order valence-corrected chi connectivity index (χ0v) is 13.7. The van der Waals surface area contributed by atoms with Crippen molar-refractivity contribution < 1.29 is 14.6 Å². The summed E-state index contributed by atoms with van der Waals surface area (Å²) in [5, 5.41) is 10.5. The average molecular weight is 423 g/mol. The lowest BCUT2D eigenvalue weighted by molar-refractivity contribution is 0.112. The van der Waals surface area contributed by atoms with E-state index in [9.17, 15) is 9.90 Å². The summed E-state index contributed by atoms with van der Waals surface area (Å²) in [6, 6.07) is 8.28. The number of hydrogen-bond donors (Lipinski definition) is 1. The van der Waals surface area contributed by atoms with Gasteiger partial charge in [0.05, 0.1) is 15.6 Å². The van der Waals surface area contributed by atoms with E-state index in [0.29, 0.717) is 17.1 Å². The molecule has 0 fully saturated rings. The molecule has 0 heterocycles. The van der Waals surface area contributed by atoms with Gasteiger partial charge in [-0.2, -0.15) is 0 Å². The lowest BCUT2D eigenvalue weighted by Crippen LogP contribution is -1.98. The van der Waals surface area contributed by atoms with Crippen molar-refractivity contribution in [1.29, 1.82) is 0 Å². The first-order chi connectivity index (χ1) is 9.52. The maximum atomic E-state index is 10.7. The SMILES string of the molecule is O=Cc1cc(Cl)c(OCc2cccc(I)c2Cl)cc1O. The van der Waals surface area contributed by atoms with E-state index in [1.807, 2.05) is 18.2 Å². The van der Waals surface area contributed by atoms with Crippen molar-refractivity contribution >= 4 is 52.1 Å². The zero-order valence-electron chi connectivity index (χ0n) is 10.1. The Labute approximate surface area is 139 Å². The molecule has 0 saturated carbocycles. The third-order valence-electron chi connectivity index (χ3n) is 2.62. The summed E-state index contributed by atoms with van der Waals surface area (Å²) in [6.07, 6.45) is 0.529. The van der Waals surface area contributed by atoms with Crippen LogP contribution in [0.15, 0.2) is 30.3 Å². The molecule has 0 aliphatic carbocycles. The van der Waals surface area contributed by atoms with Gasteiger partial charge in [0.2, 0.25) is 0 Å². The molecular formula is C14H9Cl2IO3. The quantitative estimate of drug-likeness (QED) is 0.574. The number of aromatic hydroxyl groups is 1. The van der Waals surface area contributed by atoms with Gasteiger partial charge in [0, 0.05) is 15.2 Å². The first kappa shape index (κ1) is 15.4. The smallest absolute Gasteiger partial charge is 0.153 e. The van der Waals surface area contributed by atoms with Crippen LogP contribution in [-0.2, 0) is 6.61 Å². The summed E-state index contributed by atoms with van der Waals surface area (Å²) in [5.41, 5.74) is 0.934. The van der Waals surface area contributed by atoms with E-state index in [-0.39, 0.29) is 22.9 Å². The lowest BCUT2D eigenvalue weighted by atomic mass is 10.2. The molecule has 2 aromatic carbocycles. The molecule has 0 spiro atoms. The minimum absolute atomic E-state index is 0.120. The number of carbonyl (C=O) groups is 1. The normalized spacial score (nSPS) is 10.3. The molecule has 0 aliphatic rings. The number of hydrogen-bond acceptors (Lipinski definition) is 3. The molecule has 20 heavy (non-hydrogen) atoms. The molecule has 0 radical (unpaired) electrons. The highest BCUT2D eigenvalue weighted by Gasteiger charge is 2.10. The fraction of sp³-hybridized carbons (Fsp3) is 0.0714. The van der Waals surface area contributed by atoms with Crippen molar-refractivity contribution in [2.24, 2.45) is 0 Å². The third kappa shape index (κ3) is 3.37. The van der Waals surface area contributed by atoms with Gasteiger partial charge in [0.1, 0.15) is 18.1 Å². The summed E-state index contributed by atoms with van der Waals surface area (Å²) in [5.74, 6) is 0.123. The van der Waals surface area contributed by atoms with Gasteiger partial charge in [-0.3, -0.25) is 4.79 Å². The van der Waals surface area contributed by atoms with Crippen LogP contribution in [0.3, 0.4) is 0 Å². The van der Waals surface area contributed by atoms with Crippen LogP contribution in [0.2, 0.25) is 10.0 Å². The molecule has 0 amide bonds. The standard InChI is InChI=1S/C14H9Cl2IO3/c15-10-4-9(6-18)12(19)5-13(10)20-7-8-2-1-3-11(17)14(8)16/h1-6,19H,7H2. The lowest BCUT2D eigenvalue weighted by Gasteiger charge is -2.11. The Kier molecular flexibility index (Phi) is 5.12. The van der Waals surface area contributed by atoms with Gasteiger partial charge in [-0.1, -0.05) is 35.3 Å². The summed E-state index contributed by atoms with van der Waals surface area (Å²) in [7, 11) is 0. The van der Waals surface area contributed by atoms with Crippen LogP contribution in [0.25, 0.3) is 0 Å². The minimum atomic E-state index is -0.173. The van der Waals surface area contributed by atoms with Crippen LogP contribution in [0.5, 0.6) is 11.5 Å². The van der Waals surface area contributed by atoms with E-state index in [2.05, 4.69) is 22.6 Å². The fourth-order valence-corrected chi connectivity index (χ4v) is 2.54. The van der Waals surface area contributed by atoms with Crippen LogP contribution in [0, 0.1) is 3.57 Å². The summed E-state index contributed by atoms with van der Waals surface area (Å²) in [4.78, 5) is 10.7. The first-order valence-electron chi connectivity index (χ1n) is 5.56. The molecule has 2 rings (SSSR count). The average Bonchev–Trinajstić information content (AvgIpc) is 2.43. The molecule has 104 valence electrons. The van der Waals surface area contributed by atoms with Gasteiger partial charge < -0.3 is 9.84 Å². The number of aldehydes is 1. The Balaban J connectivity index is 2.21. The van der Waals surface area contributed by atoms with Crippen molar-refractivity contribution in [3.8, 4) is 11.5 Å². The van der Waals surface area contributed by atoms with Crippen molar-refractivity contribution in [3.63, 3.8) is 0 Å². The maximum absolute atomic E-state index is 10.7. The van der Waals surface area contributed by atoms with Crippen molar-refractivity contribution in [2.75, 3.05) is 0 Å². The van der Waals surface area contributed by atoms with Crippen LogP contribution in [0.4, 0.5) is 0 Å². The molecule has 2 aromatic rings. The van der Waals surface area contributed by atoms with E-state index in [4.69, 9.17) is 27.9 Å². The molecule has 3 nitrogen and oxygen atoms in total. The monoisotopic (exact) mass is 422 g/mol. The Morgan fingerprint density at radius 2 is 2.05 bits per heavy atom. The van der Waals surface area contributed by atoms with Crippen molar-refractivity contribution in [1.82, 2.24) is 0 Å². The summed E-state index contributed by atoms with van der Waals surface area (Å²) in [6.45, 7) is 0.218. The second-order valence-electron chi connectivity index (χ2n) is 3.96. The number of halogens is 3. The molecule has 0 unspecified atom stereocenters. The van der Waals surface area contributed by atoms with Crippen LogP contribution in [-0.4, -0.2) is 11.4 Å². The Morgan fingerprint density at radius 3 is 2.75 bits per heavy atom. The zero-order chi connectivity index (χ0) is 14.7. The number of benzene rings is 2. The van der Waals surface area contributed by atoms with Gasteiger partial charge in [0.15, 0.2) is 6.29 Å². The Hall–Kier alpha value is -0.980. The summed E-state index contributed by atoms with van der Waals surface area (Å²) >= 11 is 14.3.